The summed E-state index contributed by atoms with van der Waals surface area (Å²) < 4.78 is 10.9. The van der Waals surface area contributed by atoms with Crippen LogP contribution in [0.15, 0.2) is 53.5 Å². The number of hydrogen-bond acceptors (Lipinski definition) is 4. The van der Waals surface area contributed by atoms with Crippen LogP contribution in [0.25, 0.3) is 0 Å². The number of halogens is 1. The maximum atomic E-state index is 5.43. The first-order valence-corrected chi connectivity index (χ1v) is 10.4. The Labute approximate surface area is 197 Å². The Balaban J connectivity index is 0.00000320. The number of benzene rings is 2. The smallest absolute Gasteiger partial charge is 0.191 e. The van der Waals surface area contributed by atoms with Gasteiger partial charge in [-0.15, -0.1) is 24.0 Å². The van der Waals surface area contributed by atoms with Gasteiger partial charge in [0, 0.05) is 31.9 Å². The summed E-state index contributed by atoms with van der Waals surface area (Å²) in [5.41, 5.74) is 3.64. The van der Waals surface area contributed by atoms with Gasteiger partial charge in [-0.1, -0.05) is 30.3 Å². The van der Waals surface area contributed by atoms with Crippen molar-refractivity contribution < 1.29 is 9.47 Å². The highest BCUT2D eigenvalue weighted by molar-refractivity contribution is 14.0. The molecule has 0 spiro atoms. The fourth-order valence-electron chi connectivity index (χ4n) is 3.37. The van der Waals surface area contributed by atoms with Crippen LogP contribution in [0.2, 0.25) is 0 Å². The Morgan fingerprint density at radius 3 is 2.50 bits per heavy atom. The van der Waals surface area contributed by atoms with E-state index in [1.165, 1.54) is 16.8 Å². The maximum Gasteiger partial charge on any atom is 0.191 e. The third-order valence-electron chi connectivity index (χ3n) is 4.96. The van der Waals surface area contributed by atoms with Gasteiger partial charge in [-0.05, 0) is 42.7 Å². The van der Waals surface area contributed by atoms with Crippen molar-refractivity contribution in [3.05, 3.63) is 59.7 Å². The third-order valence-corrected chi connectivity index (χ3v) is 4.96. The molecule has 0 amide bonds. The van der Waals surface area contributed by atoms with Crippen molar-refractivity contribution in [2.75, 3.05) is 51.4 Å². The first-order valence-electron chi connectivity index (χ1n) is 10.4. The van der Waals surface area contributed by atoms with Crippen LogP contribution in [0.3, 0.4) is 0 Å². The van der Waals surface area contributed by atoms with E-state index in [0.717, 1.165) is 57.5 Å². The van der Waals surface area contributed by atoms with Crippen LogP contribution in [-0.2, 0) is 17.7 Å². The lowest BCUT2D eigenvalue weighted by Crippen LogP contribution is -2.38. The molecule has 0 aliphatic carbocycles. The average Bonchev–Trinajstić information content (AvgIpc) is 2.78. The monoisotopic (exact) mass is 524 g/mol. The molecule has 2 N–H and O–H groups in total. The molecule has 1 aliphatic heterocycles. The third kappa shape index (κ3) is 7.36. The molecule has 3 rings (SSSR count). The van der Waals surface area contributed by atoms with Gasteiger partial charge in [0.05, 0.1) is 26.9 Å². The van der Waals surface area contributed by atoms with E-state index in [1.54, 1.807) is 7.11 Å². The van der Waals surface area contributed by atoms with Gasteiger partial charge >= 0.3 is 0 Å². The number of nitrogens with one attached hydrogen (secondary N) is 2. The van der Waals surface area contributed by atoms with Crippen LogP contribution >= 0.6 is 24.0 Å². The van der Waals surface area contributed by atoms with Gasteiger partial charge in [-0.25, -0.2) is 4.99 Å². The zero-order valence-electron chi connectivity index (χ0n) is 17.9. The number of methoxy groups -OCH3 is 1. The van der Waals surface area contributed by atoms with E-state index in [0.29, 0.717) is 6.54 Å². The standard InChI is InChI=1S/C23H32N4O2.HI/c1-3-24-23(25-13-12-20-6-4-5-7-22(20)28-2)26-18-19-8-10-21(11-9-19)27-14-16-29-17-15-27;/h4-11H,3,12-18H2,1-2H3,(H2,24,25,26);1H. The van der Waals surface area contributed by atoms with Crippen LogP contribution < -0.4 is 20.3 Å². The SMILES string of the molecule is CCNC(=NCc1ccc(N2CCOCC2)cc1)NCCc1ccccc1OC.I. The number of morpholine rings is 1. The number of rotatable bonds is 8. The fourth-order valence-corrected chi connectivity index (χ4v) is 3.37. The Bertz CT molecular complexity index is 777. The van der Waals surface area contributed by atoms with Gasteiger partial charge in [-0.3, -0.25) is 0 Å². The molecule has 2 aromatic rings. The topological polar surface area (TPSA) is 58.1 Å². The highest BCUT2D eigenvalue weighted by Crippen LogP contribution is 2.18. The van der Waals surface area contributed by atoms with E-state index in [2.05, 4.69) is 52.8 Å². The zero-order chi connectivity index (χ0) is 20.3. The molecule has 0 unspecified atom stereocenters. The van der Waals surface area contributed by atoms with Crippen molar-refractivity contribution in [2.24, 2.45) is 4.99 Å². The molecule has 1 heterocycles. The largest absolute Gasteiger partial charge is 0.496 e. The second-order valence-electron chi connectivity index (χ2n) is 6.95. The molecule has 164 valence electrons. The Kier molecular flexibility index (Phi) is 10.8. The number of anilines is 1. The number of guanidine groups is 1. The molecule has 1 saturated heterocycles. The van der Waals surface area contributed by atoms with Gasteiger partial charge in [0.25, 0.3) is 0 Å². The molecule has 6 nitrogen and oxygen atoms in total. The summed E-state index contributed by atoms with van der Waals surface area (Å²) in [4.78, 5) is 7.09. The minimum Gasteiger partial charge on any atom is -0.496 e. The summed E-state index contributed by atoms with van der Waals surface area (Å²) in [7, 11) is 1.71. The summed E-state index contributed by atoms with van der Waals surface area (Å²) in [6.07, 6.45) is 0.878. The van der Waals surface area contributed by atoms with Crippen molar-refractivity contribution >= 4 is 35.6 Å². The van der Waals surface area contributed by atoms with Gasteiger partial charge < -0.3 is 25.0 Å². The molecule has 0 bridgehead atoms. The molecular weight excluding hydrogens is 491 g/mol. The summed E-state index contributed by atoms with van der Waals surface area (Å²) >= 11 is 0. The van der Waals surface area contributed by atoms with Crippen LogP contribution in [-0.4, -0.2) is 52.5 Å². The summed E-state index contributed by atoms with van der Waals surface area (Å²) in [6.45, 7) is 7.87. The number of nitrogens with zero attached hydrogens (tertiary/aromatic N) is 2. The Morgan fingerprint density at radius 2 is 1.80 bits per heavy atom. The predicted molar refractivity (Wildman–Crippen MR) is 134 cm³/mol. The number of ether oxygens (including phenoxy) is 2. The van der Waals surface area contributed by atoms with E-state index in [1.807, 2.05) is 18.2 Å². The minimum atomic E-state index is 0. The van der Waals surface area contributed by atoms with E-state index in [4.69, 9.17) is 14.5 Å². The van der Waals surface area contributed by atoms with Gasteiger partial charge in [0.1, 0.15) is 5.75 Å². The second-order valence-corrected chi connectivity index (χ2v) is 6.95. The lowest BCUT2D eigenvalue weighted by Gasteiger charge is -2.28. The van der Waals surface area contributed by atoms with E-state index in [-0.39, 0.29) is 24.0 Å². The first kappa shape index (κ1) is 24.3. The molecule has 0 radical (unpaired) electrons. The lowest BCUT2D eigenvalue weighted by molar-refractivity contribution is 0.122. The van der Waals surface area contributed by atoms with Crippen molar-refractivity contribution in [3.8, 4) is 5.75 Å². The van der Waals surface area contributed by atoms with E-state index >= 15 is 0 Å². The lowest BCUT2D eigenvalue weighted by atomic mass is 10.1. The molecule has 0 atom stereocenters. The predicted octanol–water partition coefficient (Wildman–Crippen LogP) is 3.45. The van der Waals surface area contributed by atoms with Crippen LogP contribution in [0.5, 0.6) is 5.75 Å². The van der Waals surface area contributed by atoms with Gasteiger partial charge in [0.2, 0.25) is 0 Å². The van der Waals surface area contributed by atoms with Crippen LogP contribution in [0, 0.1) is 0 Å². The summed E-state index contributed by atoms with van der Waals surface area (Å²) in [5, 5.41) is 6.73. The van der Waals surface area contributed by atoms with Gasteiger partial charge in [-0.2, -0.15) is 0 Å². The molecule has 2 aromatic carbocycles. The second kappa shape index (κ2) is 13.3. The number of hydrogen-bond donors (Lipinski definition) is 2. The van der Waals surface area contributed by atoms with Gasteiger partial charge in [0.15, 0.2) is 5.96 Å². The molecule has 1 fully saturated rings. The summed E-state index contributed by atoms with van der Waals surface area (Å²) in [6, 6.07) is 16.8. The number of aliphatic imine (C=N–C) groups is 1. The van der Waals surface area contributed by atoms with Crippen molar-refractivity contribution in [3.63, 3.8) is 0 Å². The molecule has 1 aliphatic rings. The minimum absolute atomic E-state index is 0. The summed E-state index contributed by atoms with van der Waals surface area (Å²) in [5.74, 6) is 1.76. The van der Waals surface area contributed by atoms with Crippen molar-refractivity contribution in [2.45, 2.75) is 19.9 Å². The van der Waals surface area contributed by atoms with E-state index < -0.39 is 0 Å². The van der Waals surface area contributed by atoms with Crippen LogP contribution in [0.4, 0.5) is 5.69 Å². The van der Waals surface area contributed by atoms with E-state index in [9.17, 15) is 0 Å². The Morgan fingerprint density at radius 1 is 1.07 bits per heavy atom. The molecular formula is C23H33IN4O2. The zero-order valence-corrected chi connectivity index (χ0v) is 20.2. The quantitative estimate of drug-likeness (QED) is 0.315. The molecule has 0 aromatic heterocycles. The van der Waals surface area contributed by atoms with Crippen molar-refractivity contribution in [1.82, 2.24) is 10.6 Å². The Hall–Kier alpha value is -2.00. The number of para-hydroxylation sites is 1. The fraction of sp³-hybridized carbons (Fsp3) is 0.435. The molecule has 7 heteroatoms. The molecule has 30 heavy (non-hydrogen) atoms. The van der Waals surface area contributed by atoms with Crippen molar-refractivity contribution in [1.29, 1.82) is 0 Å². The van der Waals surface area contributed by atoms with Crippen LogP contribution in [0.1, 0.15) is 18.1 Å². The molecule has 0 saturated carbocycles. The highest BCUT2D eigenvalue weighted by Gasteiger charge is 2.10. The first-order chi connectivity index (χ1) is 14.3. The maximum absolute atomic E-state index is 5.43. The average molecular weight is 524 g/mol. The normalized spacial score (nSPS) is 14.1. The highest BCUT2D eigenvalue weighted by atomic mass is 127.